The van der Waals surface area contributed by atoms with Gasteiger partial charge < -0.3 is 19.1 Å². The van der Waals surface area contributed by atoms with E-state index >= 15 is 0 Å². The van der Waals surface area contributed by atoms with Gasteiger partial charge in [-0.05, 0) is 116 Å². The highest BCUT2D eigenvalue weighted by Crippen LogP contribution is 2.75. The number of carbonyl (C=O) groups excluding carboxylic acids is 2. The highest BCUT2D eigenvalue weighted by molar-refractivity contribution is 7.81. The zero-order valence-electron chi connectivity index (χ0n) is 30.1. The van der Waals surface area contributed by atoms with Crippen molar-refractivity contribution in [1.82, 2.24) is 0 Å². The molecule has 0 bridgehead atoms. The first-order valence-electron chi connectivity index (χ1n) is 17.9. The Hall–Kier alpha value is -3.18. The van der Waals surface area contributed by atoms with Crippen LogP contribution in [0.1, 0.15) is 111 Å². The van der Waals surface area contributed by atoms with Gasteiger partial charge in [0.2, 0.25) is 0 Å². The van der Waals surface area contributed by atoms with Gasteiger partial charge in [-0.15, -0.1) is 0 Å². The largest absolute Gasteiger partial charge is 0.504 e. The van der Waals surface area contributed by atoms with Crippen LogP contribution in [0.3, 0.4) is 0 Å². The fourth-order valence-electron chi connectivity index (χ4n) is 11.8. The van der Waals surface area contributed by atoms with E-state index in [-0.39, 0.29) is 40.6 Å². The Morgan fingerprint density at radius 3 is 2.36 bits per heavy atom. The van der Waals surface area contributed by atoms with Crippen LogP contribution in [0.25, 0.3) is 6.08 Å². The van der Waals surface area contributed by atoms with Crippen molar-refractivity contribution >= 4 is 34.2 Å². The molecule has 0 aliphatic heterocycles. The van der Waals surface area contributed by atoms with Crippen molar-refractivity contribution in [3.05, 3.63) is 41.5 Å². The van der Waals surface area contributed by atoms with Gasteiger partial charge in [-0.2, -0.15) is 8.42 Å². The van der Waals surface area contributed by atoms with Crippen molar-refractivity contribution in [1.29, 1.82) is 0 Å². The second-order valence-electron chi connectivity index (χ2n) is 17.8. The minimum Gasteiger partial charge on any atom is -0.504 e. The molecule has 4 fully saturated rings. The number of aromatic hydroxyl groups is 1. The Balaban J connectivity index is 1.37. The number of rotatable bonds is 7. The fourth-order valence-corrected chi connectivity index (χ4v) is 12.1. The van der Waals surface area contributed by atoms with Crippen LogP contribution in [0.5, 0.6) is 11.5 Å². The molecule has 7 atom stereocenters. The molecule has 274 valence electrons. The SMILES string of the molecule is CC1(C)CC[C@]2(C(=O)O)CC[C@]3(COC(=O)/C=C/c4ccc(O)c(OS(=O)(=O)O)c4)C(=CC[C@@H]4[C@@]5(C)CCC(=O)C(C)(C)C5CC[C@]43C)C2C1. The lowest BCUT2D eigenvalue weighted by atomic mass is 9.33. The highest BCUT2D eigenvalue weighted by Gasteiger charge is 2.71. The molecule has 50 heavy (non-hydrogen) atoms. The molecule has 5 aliphatic rings. The lowest BCUT2D eigenvalue weighted by Crippen LogP contribution is -2.66. The Bertz CT molecular complexity index is 1770. The van der Waals surface area contributed by atoms with Crippen LogP contribution in [0, 0.1) is 50.2 Å². The first-order chi connectivity index (χ1) is 23.1. The lowest BCUT2D eigenvalue weighted by Gasteiger charge is -2.70. The summed E-state index contributed by atoms with van der Waals surface area (Å²) in [5.41, 5.74) is -0.884. The summed E-state index contributed by atoms with van der Waals surface area (Å²) >= 11 is 0. The number of aliphatic carboxylic acids is 1. The number of ether oxygens (including phenoxy) is 1. The van der Waals surface area contributed by atoms with E-state index in [1.165, 1.54) is 30.4 Å². The van der Waals surface area contributed by atoms with Gasteiger partial charge in [0.25, 0.3) is 0 Å². The predicted molar refractivity (Wildman–Crippen MR) is 186 cm³/mol. The van der Waals surface area contributed by atoms with E-state index in [1.54, 1.807) is 0 Å². The number of allylic oxidation sites excluding steroid dienone is 1. The van der Waals surface area contributed by atoms with Crippen LogP contribution >= 0.6 is 0 Å². The first-order valence-corrected chi connectivity index (χ1v) is 19.3. The third kappa shape index (κ3) is 5.71. The number of phenolic OH excluding ortho intramolecular Hbond substituents is 1. The van der Waals surface area contributed by atoms with Gasteiger partial charge >= 0.3 is 22.3 Å². The molecule has 2 unspecified atom stereocenters. The molecule has 0 aromatic heterocycles. The maximum Gasteiger partial charge on any atom is 0.446 e. The maximum atomic E-state index is 13.5. The molecule has 0 amide bonds. The number of ketones is 1. The Morgan fingerprint density at radius 1 is 0.980 bits per heavy atom. The molecule has 4 saturated carbocycles. The van der Waals surface area contributed by atoms with E-state index in [0.717, 1.165) is 44.1 Å². The molecule has 10 nitrogen and oxygen atoms in total. The molecular formula is C39H52O10S. The number of phenols is 1. The fraction of sp³-hybridized carbons (Fsp3) is 0.667. The minimum atomic E-state index is -4.88. The van der Waals surface area contributed by atoms with E-state index in [9.17, 15) is 33.0 Å². The number of Topliss-reactive ketones (excluding diaryl/α,β-unsaturated/α-hetero) is 1. The van der Waals surface area contributed by atoms with Crippen LogP contribution in [-0.4, -0.2) is 47.5 Å². The third-order valence-electron chi connectivity index (χ3n) is 14.5. The zero-order valence-corrected chi connectivity index (χ0v) is 30.9. The molecule has 0 spiro atoms. The summed E-state index contributed by atoms with van der Waals surface area (Å²) in [7, 11) is -4.88. The molecule has 0 saturated heterocycles. The maximum absolute atomic E-state index is 13.5. The number of carboxylic acid groups (broad SMARTS) is 1. The molecule has 6 rings (SSSR count). The van der Waals surface area contributed by atoms with Crippen molar-refractivity contribution in [2.75, 3.05) is 6.61 Å². The highest BCUT2D eigenvalue weighted by atomic mass is 32.3. The van der Waals surface area contributed by atoms with Crippen molar-refractivity contribution < 1.29 is 46.5 Å². The summed E-state index contributed by atoms with van der Waals surface area (Å²) in [4.78, 5) is 39.9. The smallest absolute Gasteiger partial charge is 0.446 e. The van der Waals surface area contributed by atoms with Crippen LogP contribution < -0.4 is 4.18 Å². The lowest BCUT2D eigenvalue weighted by molar-refractivity contribution is -0.202. The van der Waals surface area contributed by atoms with Crippen LogP contribution in [-0.2, 0) is 29.5 Å². The topological polar surface area (TPSA) is 164 Å². The summed E-state index contributed by atoms with van der Waals surface area (Å²) in [5.74, 6) is -1.77. The Kier molecular flexibility index (Phi) is 8.74. The molecule has 0 heterocycles. The third-order valence-corrected chi connectivity index (χ3v) is 14.9. The predicted octanol–water partition coefficient (Wildman–Crippen LogP) is 7.57. The number of fused-ring (bicyclic) bond motifs is 7. The normalized spacial score (nSPS) is 37.4. The molecule has 11 heteroatoms. The number of benzene rings is 1. The quantitative estimate of drug-likeness (QED) is 0.111. The van der Waals surface area contributed by atoms with E-state index in [2.05, 4.69) is 51.8 Å². The zero-order chi connectivity index (χ0) is 36.7. The summed E-state index contributed by atoms with van der Waals surface area (Å²) in [6.45, 7) is 13.4. The van der Waals surface area contributed by atoms with Crippen LogP contribution in [0.2, 0.25) is 0 Å². The van der Waals surface area contributed by atoms with Crippen LogP contribution in [0.4, 0.5) is 0 Å². The van der Waals surface area contributed by atoms with E-state index in [4.69, 9.17) is 9.29 Å². The summed E-state index contributed by atoms with van der Waals surface area (Å²) < 4.78 is 42.1. The molecule has 1 aromatic carbocycles. The van der Waals surface area contributed by atoms with Gasteiger partial charge in [-0.25, -0.2) is 4.79 Å². The van der Waals surface area contributed by atoms with Gasteiger partial charge in [0.05, 0.1) is 5.41 Å². The first kappa shape index (κ1) is 36.6. The van der Waals surface area contributed by atoms with E-state index in [0.29, 0.717) is 37.0 Å². The second-order valence-corrected chi connectivity index (χ2v) is 18.8. The minimum absolute atomic E-state index is 0.0376. The number of hydrogen-bond donors (Lipinski definition) is 3. The van der Waals surface area contributed by atoms with Crippen molar-refractivity contribution in [2.45, 2.75) is 106 Å². The van der Waals surface area contributed by atoms with E-state index in [1.807, 2.05) is 0 Å². The van der Waals surface area contributed by atoms with Gasteiger partial charge in [0.15, 0.2) is 11.5 Å². The molecule has 0 radical (unpaired) electrons. The number of hydrogen-bond acceptors (Lipinski definition) is 8. The molecular weight excluding hydrogens is 660 g/mol. The van der Waals surface area contributed by atoms with Gasteiger partial charge in [0, 0.05) is 23.3 Å². The Labute approximate surface area is 295 Å². The number of carboxylic acids is 1. The summed E-state index contributed by atoms with van der Waals surface area (Å²) in [5, 5.41) is 20.8. The van der Waals surface area contributed by atoms with Crippen molar-refractivity contribution in [3.8, 4) is 11.5 Å². The van der Waals surface area contributed by atoms with Gasteiger partial charge in [-0.1, -0.05) is 59.3 Å². The summed E-state index contributed by atoms with van der Waals surface area (Å²) in [6.07, 6.45) is 12.1. The summed E-state index contributed by atoms with van der Waals surface area (Å²) in [6, 6.07) is 3.81. The number of carbonyl (C=O) groups is 3. The van der Waals surface area contributed by atoms with Gasteiger partial charge in [-0.3, -0.25) is 14.1 Å². The number of esters is 1. The standard InChI is InChI=1S/C39H52O10S/c1-34(2)17-18-38(33(43)44)19-20-39(23-48-32(42)12-8-24-7-10-27(40)28(21-24)49-50(45,46)47)25(26(38)22-34)9-11-30-36(5)15-14-31(41)35(3,4)29(36)13-16-37(30,39)6/h7-10,12,21,26,29-30,40H,11,13-20,22-23H2,1-6H3,(H,43,44)(H,45,46,47)/b12-8+/t26?,29?,30-,36+,37-,38+,39+/m1/s1. The van der Waals surface area contributed by atoms with Crippen LogP contribution in [0.15, 0.2) is 35.9 Å². The molecule has 3 N–H and O–H groups in total. The average Bonchev–Trinajstić information content (AvgIpc) is 3.01. The van der Waals surface area contributed by atoms with Gasteiger partial charge in [0.1, 0.15) is 12.4 Å². The monoisotopic (exact) mass is 712 g/mol. The van der Waals surface area contributed by atoms with E-state index < -0.39 is 50.1 Å². The Morgan fingerprint density at radius 2 is 1.68 bits per heavy atom. The molecule has 5 aliphatic carbocycles. The van der Waals surface area contributed by atoms with Crippen molar-refractivity contribution in [3.63, 3.8) is 0 Å². The van der Waals surface area contributed by atoms with Crippen molar-refractivity contribution in [2.24, 2.45) is 50.2 Å². The second kappa shape index (κ2) is 11.9. The average molecular weight is 713 g/mol. The molecule has 1 aromatic rings.